The van der Waals surface area contributed by atoms with Crippen LogP contribution in [0.1, 0.15) is 46.1 Å². The number of carboxylic acids is 1. The minimum atomic E-state index is -1.23. The molecule has 0 unspecified atom stereocenters. The van der Waals surface area contributed by atoms with E-state index in [0.717, 1.165) is 22.5 Å². The molecule has 4 aromatic rings. The number of hydrogen-bond donors (Lipinski definition) is 1. The summed E-state index contributed by atoms with van der Waals surface area (Å²) < 4.78 is 20.1. The number of carbonyl (C=O) groups is 1. The first-order valence-electron chi connectivity index (χ1n) is 10.8. The number of carboxylic acid groups (broad SMARTS) is 1. The Morgan fingerprint density at radius 2 is 2.00 bits per heavy atom. The van der Waals surface area contributed by atoms with Gasteiger partial charge < -0.3 is 23.9 Å². The van der Waals surface area contributed by atoms with Crippen molar-refractivity contribution in [2.45, 2.75) is 25.2 Å². The number of hydrogen-bond acceptors (Lipinski definition) is 7. The van der Waals surface area contributed by atoms with Crippen molar-refractivity contribution in [3.63, 3.8) is 0 Å². The molecule has 1 aliphatic rings. The third-order valence-electron chi connectivity index (χ3n) is 5.89. The Morgan fingerprint density at radius 3 is 2.74 bits per heavy atom. The lowest BCUT2D eigenvalue weighted by Crippen LogP contribution is -2.15. The van der Waals surface area contributed by atoms with Crippen molar-refractivity contribution in [3.8, 4) is 17.2 Å². The Balaban J connectivity index is 1.59. The van der Waals surface area contributed by atoms with E-state index in [1.54, 1.807) is 14.2 Å². The SMILES string of the molecule is COc1cccc([C@H]2O[C@H](CCn3nnc(C(=O)O)n3)c3cccn3-c3ccc(Cl)cc32)c1OC. The van der Waals surface area contributed by atoms with Gasteiger partial charge in [-0.15, -0.1) is 10.2 Å². The first-order chi connectivity index (χ1) is 17.0. The lowest BCUT2D eigenvalue weighted by atomic mass is 9.98. The van der Waals surface area contributed by atoms with Gasteiger partial charge in [0.15, 0.2) is 11.5 Å². The topological polar surface area (TPSA) is 114 Å². The standard InChI is InChI=1S/C24H22ClN5O5/c1-33-20-7-3-5-15(22(20)34-2)21-16-13-14(25)8-9-17(16)29-11-4-6-18(29)19(35-21)10-12-30-27-23(24(31)32)26-28-30/h3-9,11,13,19,21H,10,12H2,1-2H3,(H,31,32)/t19-,21-/m1/s1. The molecule has 0 aliphatic carbocycles. The zero-order valence-corrected chi connectivity index (χ0v) is 19.7. The monoisotopic (exact) mass is 495 g/mol. The number of halogens is 1. The average molecular weight is 496 g/mol. The van der Waals surface area contributed by atoms with Crippen LogP contribution in [0.25, 0.3) is 5.69 Å². The molecule has 180 valence electrons. The number of benzene rings is 2. The van der Waals surface area contributed by atoms with Crippen LogP contribution in [0.5, 0.6) is 11.5 Å². The summed E-state index contributed by atoms with van der Waals surface area (Å²) >= 11 is 6.43. The second kappa shape index (κ2) is 9.40. The molecule has 0 fully saturated rings. The van der Waals surface area contributed by atoms with Crippen LogP contribution in [0.2, 0.25) is 5.02 Å². The van der Waals surface area contributed by atoms with E-state index in [1.807, 2.05) is 54.7 Å². The number of methoxy groups -OCH3 is 2. The van der Waals surface area contributed by atoms with Gasteiger partial charge in [-0.2, -0.15) is 4.80 Å². The third kappa shape index (κ3) is 4.22. The Hall–Kier alpha value is -3.89. The Labute approximate surface area is 205 Å². The van der Waals surface area contributed by atoms with E-state index in [1.165, 1.54) is 4.80 Å². The van der Waals surface area contributed by atoms with Crippen molar-refractivity contribution < 1.29 is 24.1 Å². The fourth-order valence-electron chi connectivity index (χ4n) is 4.37. The summed E-state index contributed by atoms with van der Waals surface area (Å²) in [5, 5.41) is 21.0. The number of nitrogens with zero attached hydrogens (tertiary/aromatic N) is 5. The van der Waals surface area contributed by atoms with E-state index >= 15 is 0 Å². The van der Waals surface area contributed by atoms with Gasteiger partial charge in [0.25, 0.3) is 5.82 Å². The largest absolute Gasteiger partial charge is 0.493 e. The number of tetrazole rings is 1. The molecule has 35 heavy (non-hydrogen) atoms. The minimum Gasteiger partial charge on any atom is -0.493 e. The fourth-order valence-corrected chi connectivity index (χ4v) is 4.55. The van der Waals surface area contributed by atoms with Gasteiger partial charge in [-0.3, -0.25) is 0 Å². The molecule has 3 heterocycles. The van der Waals surface area contributed by atoms with Crippen molar-refractivity contribution in [2.24, 2.45) is 0 Å². The van der Waals surface area contributed by atoms with Gasteiger partial charge in [0.2, 0.25) is 0 Å². The van der Waals surface area contributed by atoms with Crippen LogP contribution < -0.4 is 9.47 Å². The van der Waals surface area contributed by atoms with Gasteiger partial charge in [0.05, 0.1) is 32.1 Å². The zero-order valence-electron chi connectivity index (χ0n) is 19.0. The van der Waals surface area contributed by atoms with Crippen LogP contribution in [-0.2, 0) is 11.3 Å². The molecule has 2 atom stereocenters. The summed E-state index contributed by atoms with van der Waals surface area (Å²) in [7, 11) is 3.18. The minimum absolute atomic E-state index is 0.301. The number of fused-ring (bicyclic) bond motifs is 3. The molecule has 1 N–H and O–H groups in total. The smallest absolute Gasteiger partial charge is 0.377 e. The van der Waals surface area contributed by atoms with Gasteiger partial charge in [-0.25, -0.2) is 4.79 Å². The molecule has 2 aromatic carbocycles. The van der Waals surface area contributed by atoms with Crippen molar-refractivity contribution >= 4 is 17.6 Å². The molecule has 0 spiro atoms. The molecule has 2 aromatic heterocycles. The van der Waals surface area contributed by atoms with Gasteiger partial charge in [-0.1, -0.05) is 23.7 Å². The predicted octanol–water partition coefficient (Wildman–Crippen LogP) is 4.08. The van der Waals surface area contributed by atoms with E-state index in [9.17, 15) is 4.79 Å². The Morgan fingerprint density at radius 1 is 1.14 bits per heavy atom. The van der Waals surface area contributed by atoms with Crippen LogP contribution in [0.3, 0.4) is 0 Å². The highest BCUT2D eigenvalue weighted by molar-refractivity contribution is 6.30. The Bertz CT molecular complexity index is 1380. The summed E-state index contributed by atoms with van der Waals surface area (Å²) in [6, 6.07) is 15.3. The van der Waals surface area contributed by atoms with Crippen LogP contribution in [0.4, 0.5) is 0 Å². The number of aromatic carboxylic acids is 1. The molecular formula is C24H22ClN5O5. The molecule has 0 radical (unpaired) electrons. The molecule has 0 bridgehead atoms. The number of aromatic nitrogens is 5. The molecular weight excluding hydrogens is 474 g/mol. The highest BCUT2D eigenvalue weighted by atomic mass is 35.5. The molecule has 10 nitrogen and oxygen atoms in total. The van der Waals surface area contributed by atoms with Crippen molar-refractivity contribution in [1.29, 1.82) is 0 Å². The van der Waals surface area contributed by atoms with Gasteiger partial charge in [0.1, 0.15) is 12.2 Å². The Kier molecular flexibility index (Phi) is 6.14. The molecule has 0 saturated heterocycles. The van der Waals surface area contributed by atoms with E-state index in [2.05, 4.69) is 20.0 Å². The summed E-state index contributed by atoms with van der Waals surface area (Å²) in [5.41, 5.74) is 3.52. The number of ether oxygens (including phenoxy) is 3. The van der Waals surface area contributed by atoms with Crippen molar-refractivity contribution in [2.75, 3.05) is 14.2 Å². The second-order valence-corrected chi connectivity index (χ2v) is 8.33. The van der Waals surface area contributed by atoms with Crippen molar-refractivity contribution in [1.82, 2.24) is 24.8 Å². The first-order valence-corrected chi connectivity index (χ1v) is 11.2. The van der Waals surface area contributed by atoms with Crippen LogP contribution in [0.15, 0.2) is 54.7 Å². The molecule has 5 rings (SSSR count). The zero-order chi connectivity index (χ0) is 24.5. The third-order valence-corrected chi connectivity index (χ3v) is 6.13. The maximum atomic E-state index is 11.1. The first kappa shape index (κ1) is 22.9. The summed E-state index contributed by atoms with van der Waals surface area (Å²) in [6.07, 6.45) is 1.51. The van der Waals surface area contributed by atoms with E-state index in [-0.39, 0.29) is 5.82 Å². The molecule has 11 heteroatoms. The quantitative estimate of drug-likeness (QED) is 0.408. The maximum absolute atomic E-state index is 11.1. The van der Waals surface area contributed by atoms with Crippen molar-refractivity contribution in [3.05, 3.63) is 82.4 Å². The van der Waals surface area contributed by atoms with Crippen LogP contribution in [-0.4, -0.2) is 50.1 Å². The normalized spacial score (nSPS) is 16.8. The number of para-hydroxylation sites is 1. The molecule has 0 amide bonds. The predicted molar refractivity (Wildman–Crippen MR) is 125 cm³/mol. The number of rotatable bonds is 7. The van der Waals surface area contributed by atoms with E-state index in [4.69, 9.17) is 30.9 Å². The van der Waals surface area contributed by atoms with Gasteiger partial charge >= 0.3 is 5.97 Å². The van der Waals surface area contributed by atoms with Crippen LogP contribution >= 0.6 is 11.6 Å². The summed E-state index contributed by atoms with van der Waals surface area (Å²) in [5.74, 6) is -0.421. The van der Waals surface area contributed by atoms with E-state index in [0.29, 0.717) is 29.5 Å². The summed E-state index contributed by atoms with van der Waals surface area (Å²) in [4.78, 5) is 12.4. The van der Waals surface area contributed by atoms with Gasteiger partial charge in [-0.05, 0) is 41.6 Å². The summed E-state index contributed by atoms with van der Waals surface area (Å²) in [6.45, 7) is 0.301. The molecule has 1 aliphatic heterocycles. The molecule has 0 saturated carbocycles. The maximum Gasteiger partial charge on any atom is 0.377 e. The van der Waals surface area contributed by atoms with Crippen LogP contribution in [0, 0.1) is 0 Å². The fraction of sp³-hybridized carbons (Fsp3) is 0.250. The van der Waals surface area contributed by atoms with E-state index < -0.39 is 18.2 Å². The lowest BCUT2D eigenvalue weighted by Gasteiger charge is -2.25. The highest BCUT2D eigenvalue weighted by Gasteiger charge is 2.33. The van der Waals surface area contributed by atoms with Gasteiger partial charge in [0, 0.05) is 28.8 Å². The lowest BCUT2D eigenvalue weighted by molar-refractivity contribution is -0.00234. The highest BCUT2D eigenvalue weighted by Crippen LogP contribution is 2.46. The second-order valence-electron chi connectivity index (χ2n) is 7.90. The number of aryl methyl sites for hydroxylation is 1. The average Bonchev–Trinajstić information content (AvgIpc) is 3.52.